The van der Waals surface area contributed by atoms with Crippen LogP contribution in [0.3, 0.4) is 0 Å². The SMILES string of the molecule is C=CCc1cccc(C=Nn2c(-c3ccc(Cl)cc3Cl)n[nH]c2=S)c1O. The molecule has 0 bridgehead atoms. The lowest BCUT2D eigenvalue weighted by molar-refractivity contribution is 0.469. The molecule has 0 radical (unpaired) electrons. The molecule has 1 aromatic heterocycles. The van der Waals surface area contributed by atoms with Crippen LogP contribution in [0.1, 0.15) is 11.1 Å². The molecule has 2 aromatic carbocycles. The van der Waals surface area contributed by atoms with Gasteiger partial charge in [0.1, 0.15) is 5.75 Å². The Labute approximate surface area is 165 Å². The normalized spacial score (nSPS) is 11.2. The molecule has 0 aliphatic carbocycles. The van der Waals surface area contributed by atoms with Crippen molar-refractivity contribution in [3.8, 4) is 17.1 Å². The second kappa shape index (κ2) is 7.86. The van der Waals surface area contributed by atoms with E-state index in [2.05, 4.69) is 21.9 Å². The van der Waals surface area contributed by atoms with Crippen molar-refractivity contribution in [3.63, 3.8) is 0 Å². The first-order valence-corrected chi connectivity index (χ1v) is 8.76. The van der Waals surface area contributed by atoms with E-state index in [1.807, 2.05) is 12.1 Å². The van der Waals surface area contributed by atoms with Crippen molar-refractivity contribution in [1.82, 2.24) is 14.9 Å². The Kier molecular flexibility index (Phi) is 5.56. The van der Waals surface area contributed by atoms with Crippen LogP contribution in [0.5, 0.6) is 5.75 Å². The minimum absolute atomic E-state index is 0.150. The van der Waals surface area contributed by atoms with Gasteiger partial charge >= 0.3 is 0 Å². The second-order valence-electron chi connectivity index (χ2n) is 5.38. The average molecular weight is 405 g/mol. The summed E-state index contributed by atoms with van der Waals surface area (Å²) >= 11 is 17.4. The Morgan fingerprint density at radius 3 is 2.85 bits per heavy atom. The third-order valence-corrected chi connectivity index (χ3v) is 4.46. The highest BCUT2D eigenvalue weighted by atomic mass is 35.5. The fourth-order valence-electron chi connectivity index (χ4n) is 2.40. The molecule has 8 heteroatoms. The van der Waals surface area contributed by atoms with Gasteiger partial charge in [0.25, 0.3) is 0 Å². The standard InChI is InChI=1S/C18H14Cl2N4OS/c1-2-4-11-5-3-6-12(16(11)25)10-21-24-17(22-23-18(24)26)14-8-7-13(19)9-15(14)20/h2-3,5-10,25H,1,4H2,(H,23,26). The number of aromatic hydroxyl groups is 1. The summed E-state index contributed by atoms with van der Waals surface area (Å²) in [4.78, 5) is 0. The van der Waals surface area contributed by atoms with E-state index >= 15 is 0 Å². The van der Waals surface area contributed by atoms with Crippen LogP contribution in [0.2, 0.25) is 10.0 Å². The number of aromatic nitrogens is 3. The van der Waals surface area contributed by atoms with Crippen molar-refractivity contribution < 1.29 is 5.11 Å². The van der Waals surface area contributed by atoms with Gasteiger partial charge in [-0.3, -0.25) is 0 Å². The first kappa shape index (κ1) is 18.4. The van der Waals surface area contributed by atoms with Gasteiger partial charge in [0.05, 0.1) is 11.2 Å². The zero-order valence-electron chi connectivity index (χ0n) is 13.5. The summed E-state index contributed by atoms with van der Waals surface area (Å²) in [5.41, 5.74) is 1.95. The van der Waals surface area contributed by atoms with Crippen LogP contribution in [-0.2, 0) is 6.42 Å². The molecule has 0 saturated heterocycles. The maximum Gasteiger partial charge on any atom is 0.216 e. The molecule has 5 nitrogen and oxygen atoms in total. The first-order chi connectivity index (χ1) is 12.5. The number of benzene rings is 2. The summed E-state index contributed by atoms with van der Waals surface area (Å²) in [6, 6.07) is 10.5. The number of hydrogen-bond donors (Lipinski definition) is 2. The van der Waals surface area contributed by atoms with E-state index in [1.165, 1.54) is 10.9 Å². The summed E-state index contributed by atoms with van der Waals surface area (Å²) in [6.45, 7) is 3.69. The quantitative estimate of drug-likeness (QED) is 0.347. The lowest BCUT2D eigenvalue weighted by Gasteiger charge is -2.06. The molecule has 0 unspecified atom stereocenters. The van der Waals surface area contributed by atoms with Crippen molar-refractivity contribution >= 4 is 41.6 Å². The first-order valence-electron chi connectivity index (χ1n) is 7.60. The lowest BCUT2D eigenvalue weighted by atomic mass is 10.1. The Morgan fingerprint density at radius 1 is 1.31 bits per heavy atom. The molecule has 3 aromatic rings. The van der Waals surface area contributed by atoms with Crippen molar-refractivity contribution in [2.75, 3.05) is 0 Å². The van der Waals surface area contributed by atoms with E-state index in [0.717, 1.165) is 5.56 Å². The Hall–Kier alpha value is -2.41. The van der Waals surface area contributed by atoms with E-state index in [1.54, 1.807) is 30.3 Å². The van der Waals surface area contributed by atoms with Crippen LogP contribution in [0.4, 0.5) is 0 Å². The van der Waals surface area contributed by atoms with E-state index in [9.17, 15) is 5.11 Å². The van der Waals surface area contributed by atoms with E-state index < -0.39 is 0 Å². The molecule has 3 rings (SSSR count). The Morgan fingerprint density at radius 2 is 2.12 bits per heavy atom. The van der Waals surface area contributed by atoms with Crippen LogP contribution in [-0.4, -0.2) is 26.2 Å². The molecule has 0 aliphatic rings. The Balaban J connectivity index is 2.03. The molecule has 0 spiro atoms. The van der Waals surface area contributed by atoms with Crippen molar-refractivity contribution in [2.45, 2.75) is 6.42 Å². The van der Waals surface area contributed by atoms with Crippen LogP contribution in [0.25, 0.3) is 11.4 Å². The zero-order valence-corrected chi connectivity index (χ0v) is 15.8. The molecule has 0 fully saturated rings. The van der Waals surface area contributed by atoms with Crippen LogP contribution in [0, 0.1) is 4.77 Å². The number of nitrogens with zero attached hydrogens (tertiary/aromatic N) is 3. The Bertz CT molecular complexity index is 1060. The van der Waals surface area contributed by atoms with Crippen molar-refractivity contribution in [2.24, 2.45) is 5.10 Å². The van der Waals surface area contributed by atoms with E-state index in [4.69, 9.17) is 35.4 Å². The predicted molar refractivity (Wildman–Crippen MR) is 108 cm³/mol. The number of aromatic amines is 1. The molecule has 2 N–H and O–H groups in total. The van der Waals surface area contributed by atoms with Gasteiger partial charge in [-0.15, -0.1) is 6.58 Å². The summed E-state index contributed by atoms with van der Waals surface area (Å²) in [5.74, 6) is 0.590. The monoisotopic (exact) mass is 404 g/mol. The van der Waals surface area contributed by atoms with Gasteiger partial charge in [0.2, 0.25) is 4.77 Å². The maximum atomic E-state index is 10.3. The summed E-state index contributed by atoms with van der Waals surface area (Å²) in [7, 11) is 0. The third kappa shape index (κ3) is 3.72. The minimum Gasteiger partial charge on any atom is -0.507 e. The fourth-order valence-corrected chi connectivity index (χ4v) is 3.07. The molecule has 26 heavy (non-hydrogen) atoms. The van der Waals surface area contributed by atoms with Crippen LogP contribution < -0.4 is 0 Å². The van der Waals surface area contributed by atoms with Gasteiger partial charge < -0.3 is 5.11 Å². The summed E-state index contributed by atoms with van der Waals surface area (Å²) in [6.07, 6.45) is 3.80. The lowest BCUT2D eigenvalue weighted by Crippen LogP contribution is -1.96. The average Bonchev–Trinajstić information content (AvgIpc) is 2.96. The molecular weight excluding hydrogens is 391 g/mol. The van der Waals surface area contributed by atoms with Gasteiger partial charge in [-0.25, -0.2) is 5.10 Å². The molecule has 1 heterocycles. The zero-order chi connectivity index (χ0) is 18.7. The molecule has 0 amide bonds. The fraction of sp³-hybridized carbons (Fsp3) is 0.0556. The number of halogens is 2. The maximum absolute atomic E-state index is 10.3. The summed E-state index contributed by atoms with van der Waals surface area (Å²) in [5, 5.41) is 22.5. The number of allylic oxidation sites excluding steroid dienone is 1. The predicted octanol–water partition coefficient (Wildman–Crippen LogP) is 5.23. The van der Waals surface area contributed by atoms with E-state index in [0.29, 0.717) is 38.2 Å². The highest BCUT2D eigenvalue weighted by molar-refractivity contribution is 7.71. The number of H-pyrrole nitrogens is 1. The van der Waals surface area contributed by atoms with Gasteiger partial charge in [0, 0.05) is 16.1 Å². The minimum atomic E-state index is 0.150. The number of phenols is 1. The second-order valence-corrected chi connectivity index (χ2v) is 6.61. The highest BCUT2D eigenvalue weighted by Gasteiger charge is 2.12. The largest absolute Gasteiger partial charge is 0.507 e. The van der Waals surface area contributed by atoms with Crippen molar-refractivity contribution in [3.05, 3.63) is 75.0 Å². The smallest absolute Gasteiger partial charge is 0.216 e. The van der Waals surface area contributed by atoms with E-state index in [-0.39, 0.29) is 5.75 Å². The van der Waals surface area contributed by atoms with Gasteiger partial charge in [-0.2, -0.15) is 14.9 Å². The summed E-state index contributed by atoms with van der Waals surface area (Å²) < 4.78 is 1.73. The van der Waals surface area contributed by atoms with Crippen LogP contribution in [0.15, 0.2) is 54.2 Å². The van der Waals surface area contributed by atoms with Gasteiger partial charge in [-0.05, 0) is 48.5 Å². The molecule has 0 saturated carbocycles. The number of para-hydroxylation sites is 1. The topological polar surface area (TPSA) is 66.2 Å². The number of hydrogen-bond acceptors (Lipinski definition) is 4. The van der Waals surface area contributed by atoms with Crippen molar-refractivity contribution in [1.29, 1.82) is 0 Å². The van der Waals surface area contributed by atoms with Gasteiger partial charge in [-0.1, -0.05) is 41.4 Å². The molecule has 0 atom stereocenters. The molecular formula is C18H14Cl2N4OS. The number of phenolic OH excluding ortho intramolecular Hbond substituents is 1. The third-order valence-electron chi connectivity index (χ3n) is 3.65. The van der Waals surface area contributed by atoms with Gasteiger partial charge in [0.15, 0.2) is 5.82 Å². The number of rotatable bonds is 5. The molecule has 132 valence electrons. The number of nitrogens with one attached hydrogen (secondary N) is 1. The molecule has 0 aliphatic heterocycles. The van der Waals surface area contributed by atoms with Crippen LogP contribution >= 0.6 is 35.4 Å². The highest BCUT2D eigenvalue weighted by Crippen LogP contribution is 2.29.